The van der Waals surface area contributed by atoms with E-state index in [-0.39, 0.29) is 16.4 Å². The van der Waals surface area contributed by atoms with Gasteiger partial charge in [0.25, 0.3) is 16.0 Å². The summed E-state index contributed by atoms with van der Waals surface area (Å²) in [6.07, 6.45) is 2.64. The molecule has 0 atom stereocenters. The molecular formula is C10H7N5O2S. The number of nitrogens with zero attached hydrogens (tertiary/aromatic N) is 4. The molecule has 0 aliphatic heterocycles. The predicted molar refractivity (Wildman–Crippen MR) is 61.8 cm³/mol. The van der Waals surface area contributed by atoms with Gasteiger partial charge >= 0.3 is 0 Å². The lowest BCUT2D eigenvalue weighted by atomic mass is 10.2. The lowest BCUT2D eigenvalue weighted by Gasteiger charge is -2.05. The van der Waals surface area contributed by atoms with E-state index >= 15 is 0 Å². The molecule has 2 rings (SSSR count). The average molecular weight is 261 g/mol. The molecule has 0 radical (unpaired) electrons. The maximum Gasteiger partial charge on any atom is 0.264 e. The molecule has 1 aromatic carbocycles. The molecule has 0 amide bonds. The maximum atomic E-state index is 11.9. The van der Waals surface area contributed by atoms with Crippen molar-refractivity contribution in [2.75, 3.05) is 4.72 Å². The molecule has 18 heavy (non-hydrogen) atoms. The van der Waals surface area contributed by atoms with E-state index in [4.69, 9.17) is 5.26 Å². The van der Waals surface area contributed by atoms with E-state index in [9.17, 15) is 8.42 Å². The van der Waals surface area contributed by atoms with Crippen LogP contribution in [0.4, 0.5) is 5.95 Å². The van der Waals surface area contributed by atoms with Crippen LogP contribution in [0.3, 0.4) is 0 Å². The minimum Gasteiger partial charge on any atom is -0.246 e. The zero-order valence-electron chi connectivity index (χ0n) is 8.98. The fourth-order valence-corrected chi connectivity index (χ4v) is 2.20. The topological polar surface area (TPSA) is 109 Å². The normalized spacial score (nSPS) is 10.6. The molecule has 0 spiro atoms. The van der Waals surface area contributed by atoms with Gasteiger partial charge in [0.2, 0.25) is 0 Å². The summed E-state index contributed by atoms with van der Waals surface area (Å²) in [5.74, 6) is -0.125. The lowest BCUT2D eigenvalue weighted by Crippen LogP contribution is -2.15. The van der Waals surface area contributed by atoms with Gasteiger partial charge in [0, 0.05) is 0 Å². The molecular weight excluding hydrogens is 254 g/mol. The van der Waals surface area contributed by atoms with Gasteiger partial charge in [-0.1, -0.05) is 6.07 Å². The third-order valence-electron chi connectivity index (χ3n) is 1.98. The van der Waals surface area contributed by atoms with Gasteiger partial charge < -0.3 is 0 Å². The summed E-state index contributed by atoms with van der Waals surface area (Å²) < 4.78 is 26.0. The van der Waals surface area contributed by atoms with E-state index < -0.39 is 10.0 Å². The van der Waals surface area contributed by atoms with Gasteiger partial charge in [0.05, 0.1) is 28.9 Å². The minimum absolute atomic E-state index is 0.0333. The van der Waals surface area contributed by atoms with Crippen molar-refractivity contribution in [3.63, 3.8) is 0 Å². The Morgan fingerprint density at radius 2 is 2.11 bits per heavy atom. The highest BCUT2D eigenvalue weighted by Gasteiger charge is 2.15. The van der Waals surface area contributed by atoms with E-state index in [1.165, 1.54) is 36.7 Å². The van der Waals surface area contributed by atoms with Gasteiger partial charge in [-0.25, -0.2) is 18.1 Å². The van der Waals surface area contributed by atoms with Crippen LogP contribution in [-0.4, -0.2) is 23.6 Å². The van der Waals surface area contributed by atoms with Crippen molar-refractivity contribution in [1.29, 1.82) is 5.26 Å². The zero-order chi connectivity index (χ0) is 13.0. The Morgan fingerprint density at radius 1 is 1.28 bits per heavy atom. The van der Waals surface area contributed by atoms with Crippen LogP contribution in [0.2, 0.25) is 0 Å². The Morgan fingerprint density at radius 3 is 2.78 bits per heavy atom. The molecule has 1 aromatic heterocycles. The highest BCUT2D eigenvalue weighted by Crippen LogP contribution is 2.13. The van der Waals surface area contributed by atoms with Crippen molar-refractivity contribution >= 4 is 16.0 Å². The smallest absolute Gasteiger partial charge is 0.246 e. The predicted octanol–water partition coefficient (Wildman–Crippen LogP) is 0.544. The Bertz CT molecular complexity index is 694. The quantitative estimate of drug-likeness (QED) is 0.863. The second kappa shape index (κ2) is 4.77. The number of aromatic nitrogens is 3. The average Bonchev–Trinajstić information content (AvgIpc) is 2.39. The van der Waals surface area contributed by atoms with Crippen molar-refractivity contribution in [2.24, 2.45) is 0 Å². The number of nitriles is 1. The number of anilines is 1. The highest BCUT2D eigenvalue weighted by atomic mass is 32.2. The molecule has 0 unspecified atom stereocenters. The fourth-order valence-electron chi connectivity index (χ4n) is 1.21. The number of nitrogens with one attached hydrogen (secondary N) is 1. The first-order valence-electron chi connectivity index (χ1n) is 4.78. The monoisotopic (exact) mass is 261 g/mol. The zero-order valence-corrected chi connectivity index (χ0v) is 9.79. The van der Waals surface area contributed by atoms with E-state index in [1.54, 1.807) is 0 Å². The summed E-state index contributed by atoms with van der Waals surface area (Å²) in [5.41, 5.74) is 0.255. The van der Waals surface area contributed by atoms with Crippen LogP contribution in [0, 0.1) is 11.3 Å². The summed E-state index contributed by atoms with van der Waals surface area (Å²) in [7, 11) is -3.81. The van der Waals surface area contributed by atoms with Crippen molar-refractivity contribution < 1.29 is 8.42 Å². The van der Waals surface area contributed by atoms with E-state index in [0.717, 1.165) is 0 Å². The first kappa shape index (κ1) is 11.9. The van der Waals surface area contributed by atoms with E-state index in [2.05, 4.69) is 19.9 Å². The molecule has 1 N–H and O–H groups in total. The molecule has 0 fully saturated rings. The third-order valence-corrected chi connectivity index (χ3v) is 3.31. The van der Waals surface area contributed by atoms with Crippen molar-refractivity contribution in [3.8, 4) is 6.07 Å². The van der Waals surface area contributed by atoms with Gasteiger partial charge in [0.15, 0.2) is 0 Å². The van der Waals surface area contributed by atoms with Crippen molar-refractivity contribution in [2.45, 2.75) is 4.90 Å². The number of rotatable bonds is 3. The number of hydrogen-bond acceptors (Lipinski definition) is 6. The molecule has 0 bridgehead atoms. The highest BCUT2D eigenvalue weighted by molar-refractivity contribution is 7.92. The lowest BCUT2D eigenvalue weighted by molar-refractivity contribution is 0.600. The Labute approximate surface area is 103 Å². The summed E-state index contributed by atoms with van der Waals surface area (Å²) >= 11 is 0. The minimum atomic E-state index is -3.81. The van der Waals surface area contributed by atoms with Crippen LogP contribution in [0.25, 0.3) is 0 Å². The SMILES string of the molecule is N#Cc1cccc(S(=O)(=O)Nc2nccnn2)c1. The number of benzene rings is 1. The second-order valence-electron chi connectivity index (χ2n) is 3.21. The number of hydrogen-bond donors (Lipinski definition) is 1. The molecule has 8 heteroatoms. The van der Waals surface area contributed by atoms with Crippen LogP contribution in [0.15, 0.2) is 41.6 Å². The van der Waals surface area contributed by atoms with Crippen LogP contribution < -0.4 is 4.72 Å². The molecule has 90 valence electrons. The Balaban J connectivity index is 2.34. The number of sulfonamides is 1. The Kier molecular flexibility index (Phi) is 3.16. The van der Waals surface area contributed by atoms with Crippen LogP contribution >= 0.6 is 0 Å². The van der Waals surface area contributed by atoms with Gasteiger partial charge in [0.1, 0.15) is 0 Å². The van der Waals surface area contributed by atoms with Gasteiger partial charge in [-0.15, -0.1) is 5.10 Å². The molecule has 0 aliphatic rings. The standard InChI is InChI=1S/C10H7N5O2S/c11-7-8-2-1-3-9(6-8)18(16,17)15-10-12-4-5-13-14-10/h1-6H,(H,12,14,15). The Hall–Kier alpha value is -2.53. The fraction of sp³-hybridized carbons (Fsp3) is 0. The molecule has 1 heterocycles. The van der Waals surface area contributed by atoms with Crippen LogP contribution in [0.1, 0.15) is 5.56 Å². The van der Waals surface area contributed by atoms with Crippen molar-refractivity contribution in [3.05, 3.63) is 42.2 Å². The van der Waals surface area contributed by atoms with Gasteiger partial charge in [-0.05, 0) is 18.2 Å². The second-order valence-corrected chi connectivity index (χ2v) is 4.89. The van der Waals surface area contributed by atoms with Crippen LogP contribution in [0.5, 0.6) is 0 Å². The van der Waals surface area contributed by atoms with Gasteiger partial charge in [-0.3, -0.25) is 0 Å². The van der Waals surface area contributed by atoms with Gasteiger partial charge in [-0.2, -0.15) is 10.4 Å². The third kappa shape index (κ3) is 2.58. The maximum absolute atomic E-state index is 11.9. The molecule has 0 aliphatic carbocycles. The van der Waals surface area contributed by atoms with Crippen LogP contribution in [-0.2, 0) is 10.0 Å². The summed E-state index contributed by atoms with van der Waals surface area (Å²) in [5, 5.41) is 15.7. The summed E-state index contributed by atoms with van der Waals surface area (Å²) in [6.45, 7) is 0. The first-order valence-corrected chi connectivity index (χ1v) is 6.27. The van der Waals surface area contributed by atoms with E-state index in [1.807, 2.05) is 6.07 Å². The molecule has 0 saturated heterocycles. The molecule has 2 aromatic rings. The van der Waals surface area contributed by atoms with Crippen molar-refractivity contribution in [1.82, 2.24) is 15.2 Å². The summed E-state index contributed by atoms with van der Waals surface area (Å²) in [6, 6.07) is 7.50. The first-order chi connectivity index (χ1) is 8.62. The van der Waals surface area contributed by atoms with E-state index in [0.29, 0.717) is 0 Å². The largest absolute Gasteiger partial charge is 0.264 e. The summed E-state index contributed by atoms with van der Waals surface area (Å²) in [4.78, 5) is 3.67. The molecule has 0 saturated carbocycles. The molecule has 7 nitrogen and oxygen atoms in total.